The van der Waals surface area contributed by atoms with E-state index in [9.17, 15) is 18.5 Å². The average molecular weight is 417 g/mol. The molecule has 1 fully saturated rings. The van der Waals surface area contributed by atoms with Gasteiger partial charge in [0, 0.05) is 26.2 Å². The Morgan fingerprint density at radius 2 is 1.90 bits per heavy atom. The molecule has 0 radical (unpaired) electrons. The highest BCUT2D eigenvalue weighted by atomic mass is 32.2. The number of benzene rings is 2. The third-order valence-corrected chi connectivity index (χ3v) is 7.59. The summed E-state index contributed by atoms with van der Waals surface area (Å²) in [6.45, 7) is 1.14. The predicted octanol–water partition coefficient (Wildman–Crippen LogP) is 2.74. The molecule has 0 aromatic heterocycles. The highest BCUT2D eigenvalue weighted by molar-refractivity contribution is 7.89. The number of nitro benzene ring substituents is 1. The van der Waals surface area contributed by atoms with Crippen molar-refractivity contribution in [3.8, 4) is 0 Å². The summed E-state index contributed by atoms with van der Waals surface area (Å²) < 4.78 is 32.3. The van der Waals surface area contributed by atoms with Gasteiger partial charge in [-0.2, -0.15) is 4.31 Å². The third kappa shape index (κ3) is 3.61. The Balaban J connectivity index is 1.69. The standard InChI is InChI=1S/C20H23N3O5S/c1-21(18-8-6-15-4-2-3-5-17(15)18)19-9-7-16(14-20(19)23(24)25)29(26,27)22-10-12-28-13-11-22/h2-5,7,9,14,18H,6,8,10-13H2,1H3/t18-/m0/s1. The summed E-state index contributed by atoms with van der Waals surface area (Å²) in [4.78, 5) is 13.1. The van der Waals surface area contributed by atoms with Gasteiger partial charge in [0.25, 0.3) is 5.69 Å². The summed E-state index contributed by atoms with van der Waals surface area (Å²) >= 11 is 0. The van der Waals surface area contributed by atoms with Gasteiger partial charge in [0.2, 0.25) is 10.0 Å². The van der Waals surface area contributed by atoms with Crippen LogP contribution in [-0.2, 0) is 21.2 Å². The van der Waals surface area contributed by atoms with E-state index in [2.05, 4.69) is 6.07 Å². The molecule has 4 rings (SSSR count). The number of hydrogen-bond donors (Lipinski definition) is 0. The summed E-state index contributed by atoms with van der Waals surface area (Å²) in [6.07, 6.45) is 1.78. The lowest BCUT2D eigenvalue weighted by Gasteiger charge is -2.28. The first-order valence-electron chi connectivity index (χ1n) is 9.56. The largest absolute Gasteiger partial charge is 0.379 e. The van der Waals surface area contributed by atoms with Gasteiger partial charge in [0.15, 0.2) is 0 Å². The number of rotatable bonds is 5. The number of aryl methyl sites for hydroxylation is 1. The summed E-state index contributed by atoms with van der Waals surface area (Å²) in [5.74, 6) is 0. The molecule has 154 valence electrons. The van der Waals surface area contributed by atoms with Crippen molar-refractivity contribution >= 4 is 21.4 Å². The summed E-state index contributed by atoms with van der Waals surface area (Å²) in [6, 6.07) is 12.3. The fourth-order valence-corrected chi connectivity index (χ4v) is 5.58. The van der Waals surface area contributed by atoms with Crippen LogP contribution in [0.1, 0.15) is 23.6 Å². The minimum atomic E-state index is -3.80. The minimum Gasteiger partial charge on any atom is -0.379 e. The van der Waals surface area contributed by atoms with Crippen molar-refractivity contribution in [2.24, 2.45) is 0 Å². The van der Waals surface area contributed by atoms with Gasteiger partial charge in [0.05, 0.1) is 29.1 Å². The first-order valence-corrected chi connectivity index (χ1v) is 11.0. The van der Waals surface area contributed by atoms with Crippen LogP contribution in [-0.4, -0.2) is 51.0 Å². The van der Waals surface area contributed by atoms with Gasteiger partial charge < -0.3 is 9.64 Å². The lowest BCUT2D eigenvalue weighted by Crippen LogP contribution is -2.40. The Morgan fingerprint density at radius 3 is 2.62 bits per heavy atom. The van der Waals surface area contributed by atoms with E-state index >= 15 is 0 Å². The van der Waals surface area contributed by atoms with Gasteiger partial charge in [-0.25, -0.2) is 8.42 Å². The maximum atomic E-state index is 12.9. The minimum absolute atomic E-state index is 0.0200. The maximum Gasteiger partial charge on any atom is 0.293 e. The summed E-state index contributed by atoms with van der Waals surface area (Å²) in [7, 11) is -1.97. The molecule has 29 heavy (non-hydrogen) atoms. The molecule has 0 bridgehead atoms. The Bertz CT molecular complexity index is 1030. The second-order valence-electron chi connectivity index (χ2n) is 7.29. The number of fused-ring (bicyclic) bond motifs is 1. The van der Waals surface area contributed by atoms with Crippen LogP contribution in [0, 0.1) is 10.1 Å². The molecule has 2 aromatic rings. The maximum absolute atomic E-state index is 12.9. The zero-order valence-electron chi connectivity index (χ0n) is 16.2. The van der Waals surface area contributed by atoms with E-state index in [0.29, 0.717) is 18.9 Å². The van der Waals surface area contributed by atoms with Crippen LogP contribution in [0.5, 0.6) is 0 Å². The van der Waals surface area contributed by atoms with Crippen LogP contribution in [0.3, 0.4) is 0 Å². The van der Waals surface area contributed by atoms with Gasteiger partial charge in [-0.05, 0) is 36.1 Å². The molecule has 1 atom stereocenters. The van der Waals surface area contributed by atoms with Crippen molar-refractivity contribution in [3.63, 3.8) is 0 Å². The molecule has 1 aliphatic carbocycles. The van der Waals surface area contributed by atoms with Crippen LogP contribution in [0.4, 0.5) is 11.4 Å². The second kappa shape index (κ2) is 7.74. The zero-order chi connectivity index (χ0) is 20.6. The zero-order valence-corrected chi connectivity index (χ0v) is 17.0. The first-order chi connectivity index (χ1) is 13.9. The molecule has 2 aromatic carbocycles. The van der Waals surface area contributed by atoms with E-state index in [1.54, 1.807) is 6.07 Å². The van der Waals surface area contributed by atoms with Gasteiger partial charge in [-0.15, -0.1) is 0 Å². The highest BCUT2D eigenvalue weighted by Crippen LogP contribution is 2.41. The number of nitrogens with zero attached hydrogens (tertiary/aromatic N) is 3. The SMILES string of the molecule is CN(c1ccc(S(=O)(=O)N2CCOCC2)cc1[N+](=O)[O-])[C@H]1CCc2ccccc21. The fraction of sp³-hybridized carbons (Fsp3) is 0.400. The van der Waals surface area contributed by atoms with Crippen molar-refractivity contribution in [1.29, 1.82) is 0 Å². The number of anilines is 1. The van der Waals surface area contributed by atoms with Gasteiger partial charge in [0.1, 0.15) is 5.69 Å². The Labute approximate surface area is 169 Å². The van der Waals surface area contributed by atoms with Gasteiger partial charge in [-0.3, -0.25) is 10.1 Å². The van der Waals surface area contributed by atoms with E-state index in [-0.39, 0.29) is 29.7 Å². The first kappa shape index (κ1) is 19.8. The van der Waals surface area contributed by atoms with Crippen molar-refractivity contribution in [2.45, 2.75) is 23.8 Å². The van der Waals surface area contributed by atoms with Crippen molar-refractivity contribution in [3.05, 3.63) is 63.7 Å². The molecular weight excluding hydrogens is 394 g/mol. The Morgan fingerprint density at radius 1 is 1.17 bits per heavy atom. The molecule has 0 spiro atoms. The van der Waals surface area contributed by atoms with Crippen LogP contribution < -0.4 is 4.90 Å². The Hall–Kier alpha value is -2.49. The predicted molar refractivity (Wildman–Crippen MR) is 109 cm³/mol. The molecule has 0 N–H and O–H groups in total. The number of nitro groups is 1. The van der Waals surface area contributed by atoms with Gasteiger partial charge in [-0.1, -0.05) is 24.3 Å². The molecule has 9 heteroatoms. The number of ether oxygens (including phenoxy) is 1. The van der Waals surface area contributed by atoms with Crippen LogP contribution in [0.15, 0.2) is 47.4 Å². The lowest BCUT2D eigenvalue weighted by molar-refractivity contribution is -0.384. The van der Waals surface area contributed by atoms with Crippen LogP contribution in [0.2, 0.25) is 0 Å². The molecule has 2 aliphatic rings. The summed E-state index contributed by atoms with van der Waals surface area (Å²) in [5.41, 5.74) is 2.62. The fourth-order valence-electron chi connectivity index (χ4n) is 4.15. The van der Waals surface area contributed by atoms with E-state index in [1.165, 1.54) is 22.0 Å². The quantitative estimate of drug-likeness (QED) is 0.549. The van der Waals surface area contributed by atoms with Crippen molar-refractivity contribution < 1.29 is 18.1 Å². The van der Waals surface area contributed by atoms with E-state index in [4.69, 9.17) is 4.74 Å². The third-order valence-electron chi connectivity index (χ3n) is 5.70. The average Bonchev–Trinajstić information content (AvgIpc) is 3.17. The van der Waals surface area contributed by atoms with Gasteiger partial charge >= 0.3 is 0 Å². The molecule has 1 aliphatic heterocycles. The number of sulfonamides is 1. The Kier molecular flexibility index (Phi) is 5.28. The monoisotopic (exact) mass is 417 g/mol. The second-order valence-corrected chi connectivity index (χ2v) is 9.23. The number of morpholine rings is 1. The molecule has 1 heterocycles. The highest BCUT2D eigenvalue weighted by Gasteiger charge is 2.32. The normalized spacial score (nSPS) is 19.7. The molecular formula is C20H23N3O5S. The molecule has 0 unspecified atom stereocenters. The van der Waals surface area contributed by atoms with Crippen LogP contribution >= 0.6 is 0 Å². The van der Waals surface area contributed by atoms with E-state index in [1.807, 2.05) is 30.1 Å². The molecule has 0 amide bonds. The molecule has 8 nitrogen and oxygen atoms in total. The molecule has 0 saturated carbocycles. The topological polar surface area (TPSA) is 93.0 Å². The molecule has 1 saturated heterocycles. The lowest BCUT2D eigenvalue weighted by atomic mass is 10.1. The van der Waals surface area contributed by atoms with E-state index < -0.39 is 14.9 Å². The number of hydrogen-bond acceptors (Lipinski definition) is 6. The van der Waals surface area contributed by atoms with Crippen LogP contribution in [0.25, 0.3) is 0 Å². The summed E-state index contributed by atoms with van der Waals surface area (Å²) in [5, 5.41) is 11.8. The smallest absolute Gasteiger partial charge is 0.293 e. The van der Waals surface area contributed by atoms with Crippen molar-refractivity contribution in [1.82, 2.24) is 4.31 Å². The van der Waals surface area contributed by atoms with E-state index in [0.717, 1.165) is 18.4 Å². The van der Waals surface area contributed by atoms with Crippen molar-refractivity contribution in [2.75, 3.05) is 38.3 Å².